The van der Waals surface area contributed by atoms with E-state index >= 15 is 0 Å². The van der Waals surface area contributed by atoms with Gasteiger partial charge in [0.2, 0.25) is 5.91 Å². The molecule has 4 rings (SSSR count). The Morgan fingerprint density at radius 2 is 1.97 bits per heavy atom. The van der Waals surface area contributed by atoms with Gasteiger partial charge in [0.1, 0.15) is 13.2 Å². The topological polar surface area (TPSA) is 67.9 Å². The number of amides is 2. The lowest BCUT2D eigenvalue weighted by atomic mass is 9.91. The third-order valence-corrected chi connectivity index (χ3v) is 6.37. The quantitative estimate of drug-likeness (QED) is 0.832. The third-order valence-electron chi connectivity index (χ3n) is 5.51. The van der Waals surface area contributed by atoms with E-state index in [1.165, 1.54) is 11.3 Å². The molecule has 1 fully saturated rings. The smallest absolute Gasteiger partial charge is 0.263 e. The van der Waals surface area contributed by atoms with Crippen molar-refractivity contribution in [3.8, 4) is 11.5 Å². The summed E-state index contributed by atoms with van der Waals surface area (Å²) in [5, 5.41) is 5.07. The first-order chi connectivity index (χ1) is 13.9. The van der Waals surface area contributed by atoms with Gasteiger partial charge in [0.15, 0.2) is 11.5 Å². The van der Waals surface area contributed by atoms with Crippen molar-refractivity contribution < 1.29 is 19.1 Å². The van der Waals surface area contributed by atoms with Gasteiger partial charge in [-0.25, -0.2) is 0 Å². The van der Waals surface area contributed by atoms with Gasteiger partial charge in [0, 0.05) is 13.1 Å². The van der Waals surface area contributed by atoms with E-state index < -0.39 is 5.54 Å². The van der Waals surface area contributed by atoms with Crippen LogP contribution in [0.3, 0.4) is 0 Å². The molecule has 2 aliphatic heterocycles. The molecule has 0 saturated carbocycles. The van der Waals surface area contributed by atoms with Gasteiger partial charge in [0.25, 0.3) is 5.91 Å². The Morgan fingerprint density at radius 3 is 2.72 bits per heavy atom. The van der Waals surface area contributed by atoms with E-state index in [9.17, 15) is 9.59 Å². The highest BCUT2D eigenvalue weighted by Gasteiger charge is 2.33. The molecule has 154 valence electrons. The second-order valence-electron chi connectivity index (χ2n) is 8.04. The molecule has 0 bridgehead atoms. The zero-order chi connectivity index (χ0) is 20.4. The zero-order valence-electron chi connectivity index (χ0n) is 16.8. The third kappa shape index (κ3) is 4.24. The van der Waals surface area contributed by atoms with Crippen LogP contribution in [-0.4, -0.2) is 43.0 Å². The van der Waals surface area contributed by atoms with E-state index in [4.69, 9.17) is 9.47 Å². The first-order valence-electron chi connectivity index (χ1n) is 9.99. The number of nitrogens with one attached hydrogen (secondary N) is 1. The molecule has 1 aromatic heterocycles. The van der Waals surface area contributed by atoms with Crippen LogP contribution < -0.4 is 14.8 Å². The zero-order valence-corrected chi connectivity index (χ0v) is 17.6. The molecular weight excluding hydrogens is 388 g/mol. The van der Waals surface area contributed by atoms with Gasteiger partial charge in [-0.1, -0.05) is 12.1 Å². The largest absolute Gasteiger partial charge is 0.486 e. The van der Waals surface area contributed by atoms with Gasteiger partial charge in [-0.05, 0) is 55.8 Å². The number of piperidine rings is 1. The number of hydrogen-bond donors (Lipinski definition) is 1. The molecular formula is C22H26N2O4S. The number of nitrogens with zero attached hydrogens (tertiary/aromatic N) is 1. The molecule has 0 spiro atoms. The average molecular weight is 415 g/mol. The molecule has 29 heavy (non-hydrogen) atoms. The van der Waals surface area contributed by atoms with Crippen LogP contribution in [0.15, 0.2) is 35.7 Å². The fourth-order valence-electron chi connectivity index (χ4n) is 3.85. The molecule has 2 amide bonds. The van der Waals surface area contributed by atoms with Crippen molar-refractivity contribution in [2.45, 2.75) is 32.2 Å². The first-order valence-corrected chi connectivity index (χ1v) is 10.9. The highest BCUT2D eigenvalue weighted by atomic mass is 32.1. The number of rotatable bonds is 4. The van der Waals surface area contributed by atoms with Crippen LogP contribution in [-0.2, 0) is 10.3 Å². The number of likely N-dealkylation sites (tertiary alicyclic amines) is 1. The van der Waals surface area contributed by atoms with Crippen LogP contribution in [0.5, 0.6) is 11.5 Å². The summed E-state index contributed by atoms with van der Waals surface area (Å²) in [5.74, 6) is 1.24. The van der Waals surface area contributed by atoms with Crippen LogP contribution in [0, 0.1) is 5.92 Å². The summed E-state index contributed by atoms with van der Waals surface area (Å²) < 4.78 is 11.3. The maximum atomic E-state index is 13.0. The number of carbonyl (C=O) groups is 2. The fraction of sp³-hybridized carbons (Fsp3) is 0.455. The summed E-state index contributed by atoms with van der Waals surface area (Å²) in [5.41, 5.74) is 0.393. The highest BCUT2D eigenvalue weighted by Crippen LogP contribution is 2.34. The van der Waals surface area contributed by atoms with E-state index in [1.54, 1.807) is 4.90 Å². The SMILES string of the molecule is CC(C)(NC(=O)C1CCCN(C(=O)c2cccs2)C1)c1ccc2c(c1)OCCO2. The average Bonchev–Trinajstić information content (AvgIpc) is 3.27. The van der Waals surface area contributed by atoms with Gasteiger partial charge >= 0.3 is 0 Å². The lowest BCUT2D eigenvalue weighted by Crippen LogP contribution is -2.49. The number of thiophene rings is 1. The minimum absolute atomic E-state index is 0.0172. The van der Waals surface area contributed by atoms with Crippen molar-refractivity contribution in [3.63, 3.8) is 0 Å². The highest BCUT2D eigenvalue weighted by molar-refractivity contribution is 7.12. The molecule has 2 aliphatic rings. The molecule has 1 N–H and O–H groups in total. The maximum Gasteiger partial charge on any atom is 0.263 e. The standard InChI is InChI=1S/C22H26N2O4S/c1-22(2,16-7-8-17-18(13-16)28-11-10-27-17)23-20(25)15-5-3-9-24(14-15)21(26)19-6-4-12-29-19/h4,6-8,12-13,15H,3,5,9-11,14H2,1-2H3,(H,23,25). The minimum Gasteiger partial charge on any atom is -0.486 e. The van der Waals surface area contributed by atoms with E-state index in [2.05, 4.69) is 5.32 Å². The van der Waals surface area contributed by atoms with Crippen LogP contribution in [0.1, 0.15) is 41.9 Å². The summed E-state index contributed by atoms with van der Waals surface area (Å²) in [6.45, 7) is 6.20. The molecule has 7 heteroatoms. The molecule has 3 heterocycles. The molecule has 1 saturated heterocycles. The summed E-state index contributed by atoms with van der Waals surface area (Å²) in [6, 6.07) is 9.49. The number of benzene rings is 1. The summed E-state index contributed by atoms with van der Waals surface area (Å²) in [7, 11) is 0. The predicted molar refractivity (Wildman–Crippen MR) is 112 cm³/mol. The van der Waals surface area contributed by atoms with Crippen molar-refractivity contribution in [2.24, 2.45) is 5.92 Å². The fourth-order valence-corrected chi connectivity index (χ4v) is 4.54. The Bertz CT molecular complexity index is 894. The van der Waals surface area contributed by atoms with Crippen molar-refractivity contribution in [1.29, 1.82) is 0 Å². The summed E-state index contributed by atoms with van der Waals surface area (Å²) in [6.07, 6.45) is 1.62. The predicted octanol–water partition coefficient (Wildman–Crippen LogP) is 3.42. The number of ether oxygens (including phenoxy) is 2. The molecule has 2 aromatic rings. The second-order valence-corrected chi connectivity index (χ2v) is 8.99. The second kappa shape index (κ2) is 8.06. The molecule has 1 atom stereocenters. The van der Waals surface area contributed by atoms with Crippen LogP contribution >= 0.6 is 11.3 Å². The van der Waals surface area contributed by atoms with E-state index in [-0.39, 0.29) is 17.7 Å². The number of hydrogen-bond acceptors (Lipinski definition) is 5. The Kier molecular flexibility index (Phi) is 5.50. The van der Waals surface area contributed by atoms with Crippen molar-refractivity contribution in [3.05, 3.63) is 46.2 Å². The molecule has 1 unspecified atom stereocenters. The number of carbonyl (C=O) groups excluding carboxylic acids is 2. The Morgan fingerprint density at radius 1 is 1.17 bits per heavy atom. The first kappa shape index (κ1) is 19.8. The van der Waals surface area contributed by atoms with Crippen LogP contribution in [0.25, 0.3) is 0 Å². The number of fused-ring (bicyclic) bond motifs is 1. The Balaban J connectivity index is 1.43. The summed E-state index contributed by atoms with van der Waals surface area (Å²) in [4.78, 5) is 28.2. The maximum absolute atomic E-state index is 13.0. The van der Waals surface area contributed by atoms with Crippen molar-refractivity contribution >= 4 is 23.2 Å². The van der Waals surface area contributed by atoms with Crippen molar-refractivity contribution in [1.82, 2.24) is 10.2 Å². The van der Waals surface area contributed by atoms with Crippen molar-refractivity contribution in [2.75, 3.05) is 26.3 Å². The van der Waals surface area contributed by atoms with E-state index in [0.717, 1.165) is 29.0 Å². The molecule has 0 aliphatic carbocycles. The Labute approximate surface area is 174 Å². The monoisotopic (exact) mass is 414 g/mol. The van der Waals surface area contributed by atoms with Gasteiger partial charge in [-0.3, -0.25) is 9.59 Å². The van der Waals surface area contributed by atoms with Gasteiger partial charge < -0.3 is 19.7 Å². The molecule has 1 aromatic carbocycles. The van der Waals surface area contributed by atoms with Crippen LogP contribution in [0.2, 0.25) is 0 Å². The lowest BCUT2D eigenvalue weighted by molar-refractivity contribution is -0.128. The van der Waals surface area contributed by atoms with Gasteiger partial charge in [-0.2, -0.15) is 0 Å². The van der Waals surface area contributed by atoms with E-state index in [0.29, 0.717) is 32.1 Å². The minimum atomic E-state index is -0.563. The van der Waals surface area contributed by atoms with Gasteiger partial charge in [0.05, 0.1) is 16.3 Å². The van der Waals surface area contributed by atoms with Gasteiger partial charge in [-0.15, -0.1) is 11.3 Å². The molecule has 0 radical (unpaired) electrons. The lowest BCUT2D eigenvalue weighted by Gasteiger charge is -2.35. The van der Waals surface area contributed by atoms with Crippen LogP contribution in [0.4, 0.5) is 0 Å². The molecule has 6 nitrogen and oxygen atoms in total. The summed E-state index contributed by atoms with van der Waals surface area (Å²) >= 11 is 1.44. The van der Waals surface area contributed by atoms with E-state index in [1.807, 2.05) is 49.6 Å². The normalized spacial score (nSPS) is 19.0. The Hall–Kier alpha value is -2.54.